The van der Waals surface area contributed by atoms with Crippen LogP contribution in [0.5, 0.6) is 0 Å². The van der Waals surface area contributed by atoms with E-state index in [4.69, 9.17) is 4.52 Å². The lowest BCUT2D eigenvalue weighted by atomic mass is 9.91. The summed E-state index contributed by atoms with van der Waals surface area (Å²) < 4.78 is 7.29. The van der Waals surface area contributed by atoms with E-state index in [1.54, 1.807) is 4.68 Å². The van der Waals surface area contributed by atoms with Crippen molar-refractivity contribution in [3.63, 3.8) is 0 Å². The lowest BCUT2D eigenvalue weighted by Crippen LogP contribution is -2.33. The summed E-state index contributed by atoms with van der Waals surface area (Å²) in [4.78, 5) is 6.67. The average Bonchev–Trinajstić information content (AvgIpc) is 3.27. The van der Waals surface area contributed by atoms with Gasteiger partial charge in [-0.2, -0.15) is 5.10 Å². The molecule has 0 bridgehead atoms. The van der Waals surface area contributed by atoms with Crippen molar-refractivity contribution in [1.82, 2.24) is 24.8 Å². The zero-order chi connectivity index (χ0) is 17.1. The maximum absolute atomic E-state index is 5.52. The third-order valence-electron chi connectivity index (χ3n) is 4.89. The molecule has 0 amide bonds. The van der Waals surface area contributed by atoms with Crippen LogP contribution in [0.15, 0.2) is 47.5 Å². The molecule has 4 heterocycles. The first-order valence-electron chi connectivity index (χ1n) is 8.82. The van der Waals surface area contributed by atoms with Gasteiger partial charge >= 0.3 is 0 Å². The first-order valence-corrected chi connectivity index (χ1v) is 8.82. The molecule has 130 valence electrons. The molecule has 1 aliphatic heterocycles. The molecule has 1 saturated heterocycles. The number of hydrogen-bond acceptors (Lipinski definition) is 5. The topological polar surface area (TPSA) is 60.0 Å². The molecule has 0 aromatic carbocycles. The van der Waals surface area contributed by atoms with Crippen LogP contribution in [0.1, 0.15) is 24.2 Å². The van der Waals surface area contributed by atoms with E-state index >= 15 is 0 Å². The molecule has 0 saturated carbocycles. The largest absolute Gasteiger partial charge is 0.359 e. The number of hydrogen-bond donors (Lipinski definition) is 0. The zero-order valence-corrected chi connectivity index (χ0v) is 14.5. The summed E-state index contributed by atoms with van der Waals surface area (Å²) in [5.41, 5.74) is 3.19. The van der Waals surface area contributed by atoms with E-state index in [1.165, 1.54) is 18.4 Å². The fourth-order valence-electron chi connectivity index (χ4n) is 3.50. The second kappa shape index (κ2) is 7.19. The van der Waals surface area contributed by atoms with Gasteiger partial charge in [-0.1, -0.05) is 11.2 Å². The molecule has 3 aromatic rings. The highest BCUT2D eigenvalue weighted by molar-refractivity contribution is 5.56. The van der Waals surface area contributed by atoms with Crippen molar-refractivity contribution in [2.45, 2.75) is 25.8 Å². The number of aromatic nitrogens is 4. The maximum atomic E-state index is 5.52. The highest BCUT2D eigenvalue weighted by atomic mass is 16.5. The first kappa shape index (κ1) is 16.0. The monoisotopic (exact) mass is 337 g/mol. The quantitative estimate of drug-likeness (QED) is 0.716. The summed E-state index contributed by atoms with van der Waals surface area (Å²) in [6.45, 7) is 3.04. The zero-order valence-electron chi connectivity index (χ0n) is 14.5. The molecule has 6 heteroatoms. The van der Waals surface area contributed by atoms with Gasteiger partial charge in [-0.3, -0.25) is 14.6 Å². The molecule has 0 N–H and O–H groups in total. The molecule has 0 atom stereocenters. The van der Waals surface area contributed by atoms with Gasteiger partial charge in [-0.05, 0) is 49.9 Å². The van der Waals surface area contributed by atoms with Crippen LogP contribution in [0.4, 0.5) is 0 Å². The maximum Gasteiger partial charge on any atom is 0.151 e. The molecule has 0 aliphatic carbocycles. The molecular weight excluding hydrogens is 314 g/mol. The van der Waals surface area contributed by atoms with Gasteiger partial charge in [0.05, 0.1) is 12.7 Å². The van der Waals surface area contributed by atoms with E-state index in [9.17, 15) is 0 Å². The lowest BCUT2D eigenvalue weighted by Gasteiger charge is -2.31. The van der Waals surface area contributed by atoms with Crippen molar-refractivity contribution in [1.29, 1.82) is 0 Å². The van der Waals surface area contributed by atoms with Gasteiger partial charge in [-0.25, -0.2) is 0 Å². The third kappa shape index (κ3) is 3.96. The molecule has 25 heavy (non-hydrogen) atoms. The number of rotatable bonds is 5. The summed E-state index contributed by atoms with van der Waals surface area (Å²) in [5, 5.41) is 8.35. The van der Waals surface area contributed by atoms with E-state index in [1.807, 2.05) is 44.0 Å². The van der Waals surface area contributed by atoms with E-state index in [-0.39, 0.29) is 0 Å². The SMILES string of the molecule is Cn1cc(-c2cc(CN3CCC(Cc4cccnc4)CC3)on2)cn1. The molecule has 1 fully saturated rings. The fraction of sp³-hybridized carbons (Fsp3) is 0.421. The predicted molar refractivity (Wildman–Crippen MR) is 94.6 cm³/mol. The molecular formula is C19H23N5O. The Morgan fingerprint density at radius 3 is 2.84 bits per heavy atom. The third-order valence-corrected chi connectivity index (χ3v) is 4.89. The smallest absolute Gasteiger partial charge is 0.151 e. The van der Waals surface area contributed by atoms with Crippen LogP contribution < -0.4 is 0 Å². The number of aryl methyl sites for hydroxylation is 1. The van der Waals surface area contributed by atoms with Crippen molar-refractivity contribution >= 4 is 0 Å². The summed E-state index contributed by atoms with van der Waals surface area (Å²) in [5.74, 6) is 1.67. The normalized spacial score (nSPS) is 16.4. The van der Waals surface area contributed by atoms with E-state index in [0.717, 1.165) is 49.0 Å². The van der Waals surface area contributed by atoms with Crippen LogP contribution in [-0.2, 0) is 20.0 Å². The number of likely N-dealkylation sites (tertiary alicyclic amines) is 1. The Morgan fingerprint density at radius 1 is 1.24 bits per heavy atom. The first-order chi connectivity index (χ1) is 12.3. The highest BCUT2D eigenvalue weighted by Crippen LogP contribution is 2.24. The minimum Gasteiger partial charge on any atom is -0.359 e. The number of piperidine rings is 1. The Hall–Kier alpha value is -2.47. The Kier molecular flexibility index (Phi) is 4.61. The fourth-order valence-corrected chi connectivity index (χ4v) is 3.50. The van der Waals surface area contributed by atoms with Gasteiger partial charge in [0.2, 0.25) is 0 Å². The number of nitrogens with zero attached hydrogens (tertiary/aromatic N) is 5. The molecule has 3 aromatic heterocycles. The van der Waals surface area contributed by atoms with Crippen LogP contribution in [0.25, 0.3) is 11.3 Å². The van der Waals surface area contributed by atoms with Crippen LogP contribution in [0, 0.1) is 5.92 Å². The van der Waals surface area contributed by atoms with Gasteiger partial charge in [0.15, 0.2) is 5.76 Å². The van der Waals surface area contributed by atoms with Crippen LogP contribution in [0.3, 0.4) is 0 Å². The molecule has 6 nitrogen and oxygen atoms in total. The molecule has 0 radical (unpaired) electrons. The van der Waals surface area contributed by atoms with Gasteiger partial charge in [0.1, 0.15) is 5.69 Å². The van der Waals surface area contributed by atoms with E-state index in [2.05, 4.69) is 26.2 Å². The van der Waals surface area contributed by atoms with Crippen molar-refractivity contribution in [3.05, 3.63) is 54.3 Å². The lowest BCUT2D eigenvalue weighted by molar-refractivity contribution is 0.161. The van der Waals surface area contributed by atoms with Crippen LogP contribution >= 0.6 is 0 Å². The Balaban J connectivity index is 1.29. The van der Waals surface area contributed by atoms with E-state index in [0.29, 0.717) is 0 Å². The molecule has 4 rings (SSSR count). The van der Waals surface area contributed by atoms with Gasteiger partial charge in [0.25, 0.3) is 0 Å². The van der Waals surface area contributed by atoms with Crippen molar-refractivity contribution in [2.24, 2.45) is 13.0 Å². The van der Waals surface area contributed by atoms with E-state index < -0.39 is 0 Å². The van der Waals surface area contributed by atoms with Crippen LogP contribution in [0.2, 0.25) is 0 Å². The second-order valence-electron chi connectivity index (χ2n) is 6.87. The van der Waals surface area contributed by atoms with Gasteiger partial charge < -0.3 is 4.52 Å². The van der Waals surface area contributed by atoms with Gasteiger partial charge in [0, 0.05) is 37.3 Å². The van der Waals surface area contributed by atoms with Crippen molar-refractivity contribution in [2.75, 3.05) is 13.1 Å². The highest BCUT2D eigenvalue weighted by Gasteiger charge is 2.21. The summed E-state index contributed by atoms with van der Waals surface area (Å²) in [6, 6.07) is 6.22. The van der Waals surface area contributed by atoms with Crippen LogP contribution in [-0.4, -0.2) is 37.9 Å². The second-order valence-corrected chi connectivity index (χ2v) is 6.87. The molecule has 0 unspecified atom stereocenters. The Labute approximate surface area is 147 Å². The van der Waals surface area contributed by atoms with Crippen molar-refractivity contribution < 1.29 is 4.52 Å². The van der Waals surface area contributed by atoms with Crippen molar-refractivity contribution in [3.8, 4) is 11.3 Å². The Bertz CT molecular complexity index is 802. The Morgan fingerprint density at radius 2 is 2.12 bits per heavy atom. The predicted octanol–water partition coefficient (Wildman–Crippen LogP) is 2.92. The number of pyridine rings is 1. The summed E-state index contributed by atoms with van der Waals surface area (Å²) >= 11 is 0. The van der Waals surface area contributed by atoms with Gasteiger partial charge in [-0.15, -0.1) is 0 Å². The standard InChI is InChI=1S/C19H23N5O/c1-23-13-17(12-21-23)19-10-18(25-22-19)14-24-7-4-15(5-8-24)9-16-3-2-6-20-11-16/h2-3,6,10-13,15H,4-5,7-9,14H2,1H3. The minimum absolute atomic E-state index is 0.751. The average molecular weight is 337 g/mol. The molecule has 0 spiro atoms. The summed E-state index contributed by atoms with van der Waals surface area (Å²) in [6.07, 6.45) is 11.2. The minimum atomic E-state index is 0.751. The molecule has 1 aliphatic rings. The summed E-state index contributed by atoms with van der Waals surface area (Å²) in [7, 11) is 1.90.